The van der Waals surface area contributed by atoms with Crippen molar-refractivity contribution in [2.45, 2.75) is 41.5 Å². The number of benzene rings is 8. The Morgan fingerprint density at radius 2 is 1.14 bits per heavy atom. The normalized spacial score (nSPS) is 12.9. The number of para-hydroxylation sites is 3. The summed E-state index contributed by atoms with van der Waals surface area (Å²) in [6, 6.07) is 52.5. The van der Waals surface area contributed by atoms with E-state index in [-0.39, 0.29) is 6.85 Å². The van der Waals surface area contributed by atoms with Crippen LogP contribution in [0.25, 0.3) is 77.1 Å². The van der Waals surface area contributed by atoms with Gasteiger partial charge in [0.2, 0.25) is 0 Å². The third-order valence-electron chi connectivity index (χ3n) is 13.1. The van der Waals surface area contributed by atoms with Crippen LogP contribution in [-0.4, -0.2) is 11.3 Å². The molecule has 0 fully saturated rings. The van der Waals surface area contributed by atoms with E-state index in [9.17, 15) is 0 Å². The molecule has 276 valence electrons. The first-order valence-corrected chi connectivity index (χ1v) is 20.5. The Bertz CT molecular complexity index is 3390. The van der Waals surface area contributed by atoms with Crippen LogP contribution in [0.2, 0.25) is 0 Å². The van der Waals surface area contributed by atoms with Crippen molar-refractivity contribution in [2.75, 3.05) is 4.90 Å². The van der Waals surface area contributed by atoms with Crippen molar-refractivity contribution in [1.82, 2.24) is 4.48 Å². The SMILES string of the molecule is Cc1cc(C)c(-c2cccc(N3c4ccc(-c5c(C)cc(C)cc5C)cc4B4c5c(cc6oc7ccccc7c6c53)-c3cccc5c6ccccc6n4c35)c2)c(C)c1. The fraction of sp³-hybridized carbons (Fsp3) is 0.111. The van der Waals surface area contributed by atoms with Gasteiger partial charge < -0.3 is 13.8 Å². The summed E-state index contributed by atoms with van der Waals surface area (Å²) in [5.74, 6) is 0. The molecule has 10 aromatic rings. The molecule has 0 radical (unpaired) electrons. The zero-order valence-electron chi connectivity index (χ0n) is 33.7. The van der Waals surface area contributed by atoms with Gasteiger partial charge in [0.05, 0.1) is 11.1 Å². The molecule has 0 aliphatic carbocycles. The minimum absolute atomic E-state index is 0.0811. The molecule has 4 heterocycles. The second-order valence-electron chi connectivity index (χ2n) is 16.9. The number of rotatable bonds is 3. The second-order valence-corrected chi connectivity index (χ2v) is 16.9. The van der Waals surface area contributed by atoms with E-state index in [0.29, 0.717) is 0 Å². The quantitative estimate of drug-likeness (QED) is 0.168. The van der Waals surface area contributed by atoms with Gasteiger partial charge in [-0.1, -0.05) is 114 Å². The van der Waals surface area contributed by atoms with E-state index >= 15 is 0 Å². The molecule has 0 unspecified atom stereocenters. The van der Waals surface area contributed by atoms with Gasteiger partial charge in [-0.3, -0.25) is 0 Å². The molecule has 0 N–H and O–H groups in total. The van der Waals surface area contributed by atoms with Crippen molar-refractivity contribution in [3.8, 4) is 33.4 Å². The van der Waals surface area contributed by atoms with Gasteiger partial charge >= 0.3 is 6.85 Å². The maximum atomic E-state index is 6.85. The van der Waals surface area contributed by atoms with E-state index in [0.717, 1.165) is 27.6 Å². The number of hydrogen-bond donors (Lipinski definition) is 0. The van der Waals surface area contributed by atoms with Gasteiger partial charge in [-0.2, -0.15) is 0 Å². The summed E-state index contributed by atoms with van der Waals surface area (Å²) in [7, 11) is 0. The van der Waals surface area contributed by atoms with Gasteiger partial charge in [0.1, 0.15) is 11.2 Å². The third-order valence-corrected chi connectivity index (χ3v) is 13.1. The first kappa shape index (κ1) is 33.4. The van der Waals surface area contributed by atoms with E-state index < -0.39 is 0 Å². The Morgan fingerprint density at radius 1 is 0.500 bits per heavy atom. The molecule has 2 aromatic heterocycles. The largest absolute Gasteiger partial charge is 0.456 e. The fourth-order valence-electron chi connectivity index (χ4n) is 11.2. The lowest BCUT2D eigenvalue weighted by molar-refractivity contribution is 0.669. The van der Waals surface area contributed by atoms with Crippen LogP contribution in [0.15, 0.2) is 144 Å². The molecule has 2 aliphatic heterocycles. The molecule has 0 spiro atoms. The molecule has 0 saturated carbocycles. The molecule has 3 nitrogen and oxygen atoms in total. The monoisotopic (exact) mass is 744 g/mol. The zero-order valence-corrected chi connectivity index (χ0v) is 33.7. The highest BCUT2D eigenvalue weighted by molar-refractivity contribution is 6.90. The van der Waals surface area contributed by atoms with Crippen molar-refractivity contribution in [2.24, 2.45) is 0 Å². The molecule has 4 heteroatoms. The number of aromatic nitrogens is 1. The molecule has 58 heavy (non-hydrogen) atoms. The van der Waals surface area contributed by atoms with Crippen LogP contribution < -0.4 is 15.8 Å². The second kappa shape index (κ2) is 11.9. The van der Waals surface area contributed by atoms with Gasteiger partial charge in [0.15, 0.2) is 0 Å². The predicted molar refractivity (Wildman–Crippen MR) is 247 cm³/mol. The zero-order chi connectivity index (χ0) is 39.1. The lowest BCUT2D eigenvalue weighted by Gasteiger charge is -2.41. The first-order chi connectivity index (χ1) is 28.2. The van der Waals surface area contributed by atoms with E-state index in [2.05, 4.69) is 190 Å². The Hall–Kier alpha value is -6.78. The summed E-state index contributed by atoms with van der Waals surface area (Å²) in [5, 5.41) is 4.85. The van der Waals surface area contributed by atoms with Crippen molar-refractivity contribution in [3.05, 3.63) is 173 Å². The van der Waals surface area contributed by atoms with Crippen molar-refractivity contribution < 1.29 is 4.42 Å². The molecule has 0 bridgehead atoms. The van der Waals surface area contributed by atoms with Crippen LogP contribution >= 0.6 is 0 Å². The average Bonchev–Trinajstić information content (AvgIpc) is 3.75. The summed E-state index contributed by atoms with van der Waals surface area (Å²) in [4.78, 5) is 2.56. The first-order valence-electron chi connectivity index (χ1n) is 20.5. The molecule has 12 rings (SSSR count). The number of aryl methyl sites for hydroxylation is 6. The molecular weight excluding hydrogens is 703 g/mol. The Morgan fingerprint density at radius 3 is 1.88 bits per heavy atom. The summed E-state index contributed by atoms with van der Waals surface area (Å²) >= 11 is 0. The lowest BCUT2D eigenvalue weighted by atomic mass is 9.44. The summed E-state index contributed by atoms with van der Waals surface area (Å²) in [6.45, 7) is 13.3. The van der Waals surface area contributed by atoms with E-state index in [4.69, 9.17) is 4.42 Å². The maximum Gasteiger partial charge on any atom is 0.333 e. The predicted octanol–water partition coefficient (Wildman–Crippen LogP) is 13.3. The van der Waals surface area contributed by atoms with Crippen LogP contribution in [0.5, 0.6) is 0 Å². The molecule has 0 saturated heterocycles. The van der Waals surface area contributed by atoms with Gasteiger partial charge in [-0.15, -0.1) is 0 Å². The van der Waals surface area contributed by atoms with Gasteiger partial charge in [0.25, 0.3) is 0 Å². The molecular formula is C54H41BN2O. The highest BCUT2D eigenvalue weighted by Crippen LogP contribution is 2.50. The average molecular weight is 745 g/mol. The lowest BCUT2D eigenvalue weighted by Crippen LogP contribution is -2.56. The Labute approximate surface area is 338 Å². The van der Waals surface area contributed by atoms with E-state index in [1.807, 2.05) is 0 Å². The number of hydrogen-bond acceptors (Lipinski definition) is 2. The summed E-state index contributed by atoms with van der Waals surface area (Å²) in [5.41, 5.74) is 25.8. The molecule has 0 atom stereocenters. The summed E-state index contributed by atoms with van der Waals surface area (Å²) in [6.07, 6.45) is 0. The standard InChI is InChI=1S/C54H41BN2O/c1-30-23-32(3)49(33(4)24-30)36-13-11-14-38(27-36)56-46-22-21-37(50-34(5)25-31(2)26-35(50)6)28-44(46)55-52-43(29-48-51(54(52)56)42-16-8-10-20-47(42)58-48)41-18-12-17-40-39-15-7-9-19-45(39)57(55)53(40)41/h7-29H,1-6H3. The van der Waals surface area contributed by atoms with Crippen LogP contribution in [-0.2, 0) is 0 Å². The van der Waals surface area contributed by atoms with Crippen molar-refractivity contribution in [1.29, 1.82) is 0 Å². The molecule has 2 aliphatic rings. The van der Waals surface area contributed by atoms with Gasteiger partial charge in [-0.05, 0) is 139 Å². The van der Waals surface area contributed by atoms with Gasteiger partial charge in [-0.25, -0.2) is 0 Å². The number of anilines is 3. The highest BCUT2D eigenvalue weighted by Gasteiger charge is 2.44. The minimum Gasteiger partial charge on any atom is -0.456 e. The van der Waals surface area contributed by atoms with Crippen LogP contribution in [0.4, 0.5) is 17.1 Å². The Balaban J connectivity index is 1.26. The van der Waals surface area contributed by atoms with E-state index in [1.54, 1.807) is 0 Å². The molecule has 8 aromatic carbocycles. The number of furan rings is 1. The van der Waals surface area contributed by atoms with Crippen LogP contribution in [0, 0.1) is 41.5 Å². The number of nitrogens with zero attached hydrogens (tertiary/aromatic N) is 2. The van der Waals surface area contributed by atoms with Crippen LogP contribution in [0.3, 0.4) is 0 Å². The molecule has 0 amide bonds. The smallest absolute Gasteiger partial charge is 0.333 e. The van der Waals surface area contributed by atoms with E-state index in [1.165, 1.54) is 111 Å². The third kappa shape index (κ3) is 4.46. The number of fused-ring (bicyclic) bond motifs is 11. The van der Waals surface area contributed by atoms with Crippen LogP contribution in [0.1, 0.15) is 33.4 Å². The van der Waals surface area contributed by atoms with Crippen molar-refractivity contribution >= 4 is 78.6 Å². The van der Waals surface area contributed by atoms with Gasteiger partial charge in [0, 0.05) is 44.1 Å². The minimum atomic E-state index is -0.0811. The fourth-order valence-corrected chi connectivity index (χ4v) is 11.2. The topological polar surface area (TPSA) is 21.3 Å². The maximum absolute atomic E-state index is 6.85. The van der Waals surface area contributed by atoms with Crippen molar-refractivity contribution in [3.63, 3.8) is 0 Å². The summed E-state index contributed by atoms with van der Waals surface area (Å²) < 4.78 is 9.51. The Kier molecular flexibility index (Phi) is 6.83. The highest BCUT2D eigenvalue weighted by atomic mass is 16.3.